The number of amidine groups is 1. The number of halogens is 3. The SMILES string of the molecule is C=C/C=C(/Nc1cccc(C(N)=O)c1)C1=NCC(C#Cc2cc(C(=O)Nc3cc(-n4ccnc4)cc(C(F)(F)F)c3)ccc2C)N1C. The van der Waals surface area contributed by atoms with Gasteiger partial charge in [-0.25, -0.2) is 4.98 Å². The van der Waals surface area contributed by atoms with E-state index in [-0.39, 0.29) is 23.0 Å². The van der Waals surface area contributed by atoms with Crippen LogP contribution in [0.4, 0.5) is 24.5 Å². The number of carbonyl (C=O) groups is 2. The number of aromatic nitrogens is 2. The number of alkyl halides is 3. The molecule has 0 saturated carbocycles. The summed E-state index contributed by atoms with van der Waals surface area (Å²) in [6.07, 6.45) is 3.10. The molecular weight excluding hydrogens is 607 g/mol. The molecule has 3 aromatic carbocycles. The maximum absolute atomic E-state index is 13.6. The van der Waals surface area contributed by atoms with Gasteiger partial charge in [-0.1, -0.05) is 36.6 Å². The molecule has 238 valence electrons. The number of nitrogens with two attached hydrogens (primary N) is 1. The fraction of sp³-hybridized carbons (Fsp3) is 0.143. The van der Waals surface area contributed by atoms with Crippen molar-refractivity contribution in [1.29, 1.82) is 0 Å². The van der Waals surface area contributed by atoms with Gasteiger partial charge < -0.3 is 25.8 Å². The van der Waals surface area contributed by atoms with Crippen molar-refractivity contribution in [2.24, 2.45) is 10.7 Å². The molecule has 9 nitrogen and oxygen atoms in total. The van der Waals surface area contributed by atoms with E-state index in [1.807, 2.05) is 18.9 Å². The van der Waals surface area contributed by atoms with Crippen LogP contribution in [0, 0.1) is 18.8 Å². The highest BCUT2D eigenvalue weighted by Crippen LogP contribution is 2.33. The second-order valence-electron chi connectivity index (χ2n) is 10.7. The third-order valence-corrected chi connectivity index (χ3v) is 7.35. The molecule has 0 bridgehead atoms. The topological polar surface area (TPSA) is 118 Å². The van der Waals surface area contributed by atoms with Crippen LogP contribution in [-0.4, -0.2) is 51.7 Å². The Bertz CT molecular complexity index is 1970. The van der Waals surface area contributed by atoms with Gasteiger partial charge in [0, 0.05) is 53.2 Å². The molecule has 2 heterocycles. The predicted molar refractivity (Wildman–Crippen MR) is 175 cm³/mol. The van der Waals surface area contributed by atoms with Crippen molar-refractivity contribution in [1.82, 2.24) is 14.5 Å². The molecule has 0 spiro atoms. The predicted octanol–water partition coefficient (Wildman–Crippen LogP) is 5.80. The van der Waals surface area contributed by atoms with Gasteiger partial charge in [0.05, 0.1) is 24.1 Å². The van der Waals surface area contributed by atoms with Gasteiger partial charge in [0.1, 0.15) is 11.9 Å². The van der Waals surface area contributed by atoms with Crippen LogP contribution in [0.25, 0.3) is 5.69 Å². The maximum Gasteiger partial charge on any atom is 0.416 e. The van der Waals surface area contributed by atoms with Crippen molar-refractivity contribution in [3.63, 3.8) is 0 Å². The van der Waals surface area contributed by atoms with Gasteiger partial charge in [0.2, 0.25) is 5.91 Å². The van der Waals surface area contributed by atoms with Crippen molar-refractivity contribution in [3.05, 3.63) is 132 Å². The standard InChI is InChI=1S/C35H30F3N7O2/c1-4-6-31(42-27-8-5-7-24(16-27)32(39)46)33-41-20-29(44(33)3)12-11-23-15-25(10-9-22(23)2)34(47)43-28-17-26(35(36,37)38)18-30(19-28)45-14-13-40-21-45/h4-10,13-19,21,29,42H,1,20H2,2-3H3,(H2,39,46)(H,43,47)/b31-6+. The molecule has 1 aromatic heterocycles. The number of hydrogen-bond donors (Lipinski definition) is 3. The Balaban J connectivity index is 1.33. The van der Waals surface area contributed by atoms with Gasteiger partial charge in [0.15, 0.2) is 0 Å². The number of carbonyl (C=O) groups excluding carboxylic acids is 2. The molecule has 0 aliphatic carbocycles. The number of nitrogens with zero attached hydrogens (tertiary/aromatic N) is 4. The van der Waals surface area contributed by atoms with Crippen LogP contribution in [0.2, 0.25) is 0 Å². The van der Waals surface area contributed by atoms with E-state index in [2.05, 4.69) is 39.0 Å². The molecule has 1 atom stereocenters. The van der Waals surface area contributed by atoms with Crippen molar-refractivity contribution < 1.29 is 22.8 Å². The van der Waals surface area contributed by atoms with E-state index in [0.29, 0.717) is 34.9 Å². The molecule has 4 N–H and O–H groups in total. The Morgan fingerprint density at radius 2 is 1.87 bits per heavy atom. The molecule has 4 aromatic rings. The van der Waals surface area contributed by atoms with Gasteiger partial charge in [-0.2, -0.15) is 13.2 Å². The molecule has 1 unspecified atom stereocenters. The highest BCUT2D eigenvalue weighted by Gasteiger charge is 2.32. The minimum absolute atomic E-state index is 0.0164. The minimum atomic E-state index is -4.62. The number of nitrogens with one attached hydrogen (secondary N) is 2. The summed E-state index contributed by atoms with van der Waals surface area (Å²) in [5.74, 6) is 5.88. The van der Waals surface area contributed by atoms with Crippen molar-refractivity contribution in [2.75, 3.05) is 24.2 Å². The van der Waals surface area contributed by atoms with Crippen molar-refractivity contribution in [2.45, 2.75) is 19.1 Å². The van der Waals surface area contributed by atoms with Gasteiger partial charge in [-0.05, 0) is 67.1 Å². The fourth-order valence-electron chi connectivity index (χ4n) is 4.84. The summed E-state index contributed by atoms with van der Waals surface area (Å²) in [4.78, 5) is 35.3. The summed E-state index contributed by atoms with van der Waals surface area (Å²) in [6.45, 7) is 6.02. The van der Waals surface area contributed by atoms with E-state index >= 15 is 0 Å². The van der Waals surface area contributed by atoms with E-state index < -0.39 is 23.6 Å². The van der Waals surface area contributed by atoms with E-state index in [1.165, 1.54) is 29.4 Å². The van der Waals surface area contributed by atoms with Crippen LogP contribution in [0.5, 0.6) is 0 Å². The summed E-state index contributed by atoms with van der Waals surface area (Å²) in [7, 11) is 1.85. The van der Waals surface area contributed by atoms with Crippen LogP contribution in [0.1, 0.15) is 37.4 Å². The molecular formula is C35H30F3N7O2. The number of hydrogen-bond acceptors (Lipinski definition) is 6. The number of rotatable bonds is 8. The molecule has 1 aliphatic heterocycles. The van der Waals surface area contributed by atoms with Crippen molar-refractivity contribution in [3.8, 4) is 17.5 Å². The number of amides is 2. The molecule has 0 saturated heterocycles. The van der Waals surface area contributed by atoms with Gasteiger partial charge in [0.25, 0.3) is 5.91 Å². The Morgan fingerprint density at radius 1 is 1.06 bits per heavy atom. The normalized spacial score (nSPS) is 14.6. The van der Waals surface area contributed by atoms with Crippen molar-refractivity contribution >= 4 is 29.0 Å². The average Bonchev–Trinajstić information content (AvgIpc) is 3.70. The fourth-order valence-corrected chi connectivity index (χ4v) is 4.84. The second kappa shape index (κ2) is 13.5. The zero-order valence-electron chi connectivity index (χ0n) is 25.5. The molecule has 12 heteroatoms. The van der Waals surface area contributed by atoms with Gasteiger partial charge in [-0.3, -0.25) is 14.6 Å². The van der Waals surface area contributed by atoms with E-state index in [4.69, 9.17) is 5.73 Å². The highest BCUT2D eigenvalue weighted by atomic mass is 19.4. The number of aryl methyl sites for hydroxylation is 1. The quantitative estimate of drug-likeness (QED) is 0.167. The first-order valence-corrected chi connectivity index (χ1v) is 14.3. The van der Waals surface area contributed by atoms with Crippen LogP contribution >= 0.6 is 0 Å². The summed E-state index contributed by atoms with van der Waals surface area (Å²) in [6, 6.07) is 14.7. The van der Waals surface area contributed by atoms with Crippen LogP contribution in [-0.2, 0) is 6.18 Å². The van der Waals surface area contributed by atoms with Gasteiger partial charge in [-0.15, -0.1) is 0 Å². The molecule has 0 fully saturated rings. The first-order valence-electron chi connectivity index (χ1n) is 14.3. The molecule has 5 rings (SSSR count). The van der Waals surface area contributed by atoms with Crippen LogP contribution in [0.3, 0.4) is 0 Å². The maximum atomic E-state index is 13.6. The number of benzene rings is 3. The van der Waals surface area contributed by atoms with E-state index in [9.17, 15) is 22.8 Å². The number of imidazole rings is 1. The third-order valence-electron chi connectivity index (χ3n) is 7.35. The Hall–Kier alpha value is -6.09. The van der Waals surface area contributed by atoms with Crippen LogP contribution < -0.4 is 16.4 Å². The zero-order chi connectivity index (χ0) is 33.7. The Kier molecular flexibility index (Phi) is 9.28. The summed E-state index contributed by atoms with van der Waals surface area (Å²) >= 11 is 0. The number of likely N-dealkylation sites (N-methyl/N-ethyl adjacent to an activating group) is 1. The van der Waals surface area contributed by atoms with Crippen LogP contribution in [0.15, 0.2) is 109 Å². The van der Waals surface area contributed by atoms with E-state index in [0.717, 1.165) is 17.7 Å². The summed E-state index contributed by atoms with van der Waals surface area (Å²) in [5.41, 5.74) is 8.00. The highest BCUT2D eigenvalue weighted by molar-refractivity contribution is 6.05. The lowest BCUT2D eigenvalue weighted by Crippen LogP contribution is -2.34. The average molecular weight is 638 g/mol. The van der Waals surface area contributed by atoms with E-state index in [1.54, 1.807) is 54.6 Å². The zero-order valence-corrected chi connectivity index (χ0v) is 25.5. The molecule has 1 aliphatic rings. The Morgan fingerprint density at radius 3 is 2.57 bits per heavy atom. The smallest absolute Gasteiger partial charge is 0.366 e. The Labute approximate surface area is 269 Å². The number of aliphatic imine (C=N–C) groups is 1. The lowest BCUT2D eigenvalue weighted by Gasteiger charge is -2.22. The lowest BCUT2D eigenvalue weighted by molar-refractivity contribution is -0.137. The molecule has 2 amide bonds. The molecule has 47 heavy (non-hydrogen) atoms. The third kappa shape index (κ3) is 7.59. The second-order valence-corrected chi connectivity index (χ2v) is 10.7. The summed E-state index contributed by atoms with van der Waals surface area (Å²) in [5, 5.41) is 5.85. The number of primary amides is 1. The minimum Gasteiger partial charge on any atom is -0.366 e. The van der Waals surface area contributed by atoms with Gasteiger partial charge >= 0.3 is 6.18 Å². The summed E-state index contributed by atoms with van der Waals surface area (Å²) < 4.78 is 42.4. The monoisotopic (exact) mass is 637 g/mol. The lowest BCUT2D eigenvalue weighted by atomic mass is 10.0. The number of allylic oxidation sites excluding steroid dienone is 2. The largest absolute Gasteiger partial charge is 0.416 e. The first-order chi connectivity index (χ1) is 22.4. The number of anilines is 2. The molecule has 0 radical (unpaired) electrons. The first kappa shape index (κ1) is 32.3.